The van der Waals surface area contributed by atoms with Gasteiger partial charge in [-0.2, -0.15) is 0 Å². The average molecular weight is 525 g/mol. The van der Waals surface area contributed by atoms with Crippen LogP contribution < -0.4 is 4.74 Å². The van der Waals surface area contributed by atoms with Crippen LogP contribution in [0.3, 0.4) is 0 Å². The zero-order valence-corrected chi connectivity index (χ0v) is 24.8. The fraction of sp³-hybridized carbons (Fsp3) is 0.618. The number of carbonyl (C=O) groups is 1. The minimum atomic E-state index is -0.524. The Labute approximate surface area is 233 Å². The lowest BCUT2D eigenvalue weighted by molar-refractivity contribution is -0.903. The third-order valence-corrected chi connectivity index (χ3v) is 7.17. The first-order valence-electron chi connectivity index (χ1n) is 15.2. The monoisotopic (exact) mass is 524 g/mol. The van der Waals surface area contributed by atoms with E-state index in [1.54, 1.807) is 0 Å². The van der Waals surface area contributed by atoms with E-state index in [0.29, 0.717) is 12.8 Å². The van der Waals surface area contributed by atoms with Crippen molar-refractivity contribution in [3.63, 3.8) is 0 Å². The molecule has 38 heavy (non-hydrogen) atoms. The number of hydrogen-bond donors (Lipinski definition) is 0. The molecular formula is C34H54NO3+. The Kier molecular flexibility index (Phi) is 15.8. The van der Waals surface area contributed by atoms with Crippen molar-refractivity contribution in [2.45, 2.75) is 117 Å². The molecule has 0 N–H and O–H groups in total. The maximum atomic E-state index is 12.7. The van der Waals surface area contributed by atoms with Crippen molar-refractivity contribution in [1.82, 2.24) is 0 Å². The molecule has 0 radical (unpaired) electrons. The van der Waals surface area contributed by atoms with Crippen LogP contribution in [-0.4, -0.2) is 37.4 Å². The number of esters is 1. The molecule has 4 nitrogen and oxygen atoms in total. The van der Waals surface area contributed by atoms with Crippen LogP contribution >= 0.6 is 0 Å². The van der Waals surface area contributed by atoms with E-state index in [2.05, 4.69) is 64.3 Å². The van der Waals surface area contributed by atoms with Gasteiger partial charge in [-0.25, -0.2) is 0 Å². The number of ether oxygens (including phenoxy) is 2. The van der Waals surface area contributed by atoms with Crippen LogP contribution in [0.5, 0.6) is 5.75 Å². The molecule has 2 aromatic carbocycles. The molecule has 1 atom stereocenters. The molecule has 1 unspecified atom stereocenters. The van der Waals surface area contributed by atoms with Gasteiger partial charge in [0.25, 0.3) is 0 Å². The number of carbonyl (C=O) groups excluding carboxylic acids is 1. The molecule has 2 rings (SSSR count). The molecular weight excluding hydrogens is 470 g/mol. The zero-order valence-electron chi connectivity index (χ0n) is 24.8. The van der Waals surface area contributed by atoms with Crippen LogP contribution in [0.2, 0.25) is 0 Å². The minimum absolute atomic E-state index is 0.167. The fourth-order valence-corrected chi connectivity index (χ4v) is 4.98. The van der Waals surface area contributed by atoms with Crippen molar-refractivity contribution in [2.75, 3.05) is 20.6 Å². The predicted octanol–water partition coefficient (Wildman–Crippen LogP) is 8.86. The number of hydrogen-bond acceptors (Lipinski definition) is 3. The summed E-state index contributed by atoms with van der Waals surface area (Å²) in [6, 6.07) is 18.8. The Bertz CT molecular complexity index is 880. The number of nitrogens with zero attached hydrogens (tertiary/aromatic N) is 1. The van der Waals surface area contributed by atoms with Gasteiger partial charge < -0.3 is 14.0 Å². The summed E-state index contributed by atoms with van der Waals surface area (Å²) in [6.45, 7) is 6.24. The van der Waals surface area contributed by atoms with Crippen molar-refractivity contribution >= 4 is 5.97 Å². The zero-order chi connectivity index (χ0) is 27.5. The molecule has 4 heteroatoms. The third kappa shape index (κ3) is 14.0. The molecule has 0 aliphatic rings. The lowest BCUT2D eigenvalue weighted by Gasteiger charge is -2.30. The summed E-state index contributed by atoms with van der Waals surface area (Å²) in [4.78, 5) is 12.7. The van der Waals surface area contributed by atoms with E-state index in [1.807, 2.05) is 18.2 Å². The van der Waals surface area contributed by atoms with E-state index in [0.717, 1.165) is 42.6 Å². The highest BCUT2D eigenvalue weighted by atomic mass is 16.7. The van der Waals surface area contributed by atoms with E-state index in [4.69, 9.17) is 9.47 Å². The Morgan fingerprint density at radius 2 is 1.39 bits per heavy atom. The molecule has 0 amide bonds. The van der Waals surface area contributed by atoms with Crippen LogP contribution in [0.1, 0.15) is 108 Å². The van der Waals surface area contributed by atoms with Gasteiger partial charge in [-0.15, -0.1) is 0 Å². The average Bonchev–Trinajstić information content (AvgIpc) is 2.89. The molecule has 2 aromatic rings. The van der Waals surface area contributed by atoms with Crippen molar-refractivity contribution in [2.24, 2.45) is 0 Å². The molecule has 212 valence electrons. The summed E-state index contributed by atoms with van der Waals surface area (Å²) >= 11 is 0. The molecule has 0 heterocycles. The standard InChI is InChI=1S/C34H54NO3/c1-5-7-8-9-10-11-12-13-17-24-31-25-18-19-26-32(31)37-34(21-6-2)38-33(36)27-20-28-35(3,4)29-30-22-15-14-16-23-30/h14-16,18-19,22-23,25-26,34H,5-13,17,20-21,24,27-29H2,1-4H3/q+1. The van der Waals surface area contributed by atoms with Crippen molar-refractivity contribution in [1.29, 1.82) is 0 Å². The van der Waals surface area contributed by atoms with E-state index in [9.17, 15) is 4.79 Å². The second-order valence-corrected chi connectivity index (χ2v) is 11.4. The van der Waals surface area contributed by atoms with Crippen molar-refractivity contribution in [3.05, 3.63) is 65.7 Å². The first-order chi connectivity index (χ1) is 18.4. The third-order valence-electron chi connectivity index (χ3n) is 7.17. The molecule has 0 fully saturated rings. The van der Waals surface area contributed by atoms with Crippen LogP contribution in [0.15, 0.2) is 54.6 Å². The maximum Gasteiger partial charge on any atom is 0.309 e. The molecule has 0 aromatic heterocycles. The molecule has 0 saturated carbocycles. The SMILES string of the molecule is CCCCCCCCCCCc1ccccc1OC(CCC)OC(=O)CCC[N+](C)(C)Cc1ccccc1. The fourth-order valence-electron chi connectivity index (χ4n) is 4.98. The number of benzene rings is 2. The van der Waals surface area contributed by atoms with Crippen LogP contribution in [0.4, 0.5) is 0 Å². The van der Waals surface area contributed by atoms with E-state index < -0.39 is 6.29 Å². The maximum absolute atomic E-state index is 12.7. The minimum Gasteiger partial charge on any atom is -0.455 e. The molecule has 0 saturated heterocycles. The van der Waals surface area contributed by atoms with E-state index in [-0.39, 0.29) is 5.97 Å². The lowest BCUT2D eigenvalue weighted by atomic mass is 10.0. The number of para-hydroxylation sites is 1. The normalized spacial score (nSPS) is 12.3. The summed E-state index contributed by atoms with van der Waals surface area (Å²) in [5.41, 5.74) is 2.53. The largest absolute Gasteiger partial charge is 0.455 e. The highest BCUT2D eigenvalue weighted by molar-refractivity contribution is 5.69. The first-order valence-corrected chi connectivity index (χ1v) is 15.2. The highest BCUT2D eigenvalue weighted by Crippen LogP contribution is 2.24. The number of rotatable bonds is 21. The van der Waals surface area contributed by atoms with Gasteiger partial charge in [0.1, 0.15) is 12.3 Å². The predicted molar refractivity (Wildman–Crippen MR) is 159 cm³/mol. The highest BCUT2D eigenvalue weighted by Gasteiger charge is 2.20. The smallest absolute Gasteiger partial charge is 0.309 e. The molecule has 0 bridgehead atoms. The van der Waals surface area contributed by atoms with Gasteiger partial charge in [-0.3, -0.25) is 4.79 Å². The topological polar surface area (TPSA) is 35.5 Å². The number of quaternary nitrogens is 1. The quantitative estimate of drug-likeness (QED) is 0.0708. The van der Waals surface area contributed by atoms with E-state index >= 15 is 0 Å². The second kappa shape index (κ2) is 18.8. The summed E-state index contributed by atoms with van der Waals surface area (Å²) in [5, 5.41) is 0. The van der Waals surface area contributed by atoms with Crippen molar-refractivity contribution < 1.29 is 18.8 Å². The van der Waals surface area contributed by atoms with Gasteiger partial charge in [0, 0.05) is 18.4 Å². The number of unbranched alkanes of at least 4 members (excludes halogenated alkanes) is 8. The van der Waals surface area contributed by atoms with Gasteiger partial charge >= 0.3 is 5.97 Å². The Hall–Kier alpha value is -2.33. The van der Waals surface area contributed by atoms with Gasteiger partial charge in [0.15, 0.2) is 0 Å². The lowest BCUT2D eigenvalue weighted by Crippen LogP contribution is -2.39. The second-order valence-electron chi connectivity index (χ2n) is 11.4. The van der Waals surface area contributed by atoms with Crippen LogP contribution in [-0.2, 0) is 22.5 Å². The first kappa shape index (κ1) is 31.9. The van der Waals surface area contributed by atoms with Crippen LogP contribution in [0, 0.1) is 0 Å². The Morgan fingerprint density at radius 1 is 0.763 bits per heavy atom. The Morgan fingerprint density at radius 3 is 2.08 bits per heavy atom. The number of aryl methyl sites for hydroxylation is 1. The summed E-state index contributed by atoms with van der Waals surface area (Å²) in [5.74, 6) is 0.693. The summed E-state index contributed by atoms with van der Waals surface area (Å²) in [6.07, 6.45) is 15.2. The Balaban J connectivity index is 1.75. The summed E-state index contributed by atoms with van der Waals surface area (Å²) < 4.78 is 12.9. The summed E-state index contributed by atoms with van der Waals surface area (Å²) in [7, 11) is 4.43. The van der Waals surface area contributed by atoms with Crippen LogP contribution in [0.25, 0.3) is 0 Å². The van der Waals surface area contributed by atoms with Gasteiger partial charge in [-0.05, 0) is 30.9 Å². The van der Waals surface area contributed by atoms with Gasteiger partial charge in [0.2, 0.25) is 6.29 Å². The van der Waals surface area contributed by atoms with Gasteiger partial charge in [-0.1, -0.05) is 114 Å². The molecule has 0 aliphatic carbocycles. The van der Waals surface area contributed by atoms with E-state index in [1.165, 1.54) is 68.9 Å². The van der Waals surface area contributed by atoms with Crippen molar-refractivity contribution in [3.8, 4) is 5.75 Å². The molecule has 0 spiro atoms. The van der Waals surface area contributed by atoms with Gasteiger partial charge in [0.05, 0.1) is 27.1 Å². The molecule has 0 aliphatic heterocycles.